The van der Waals surface area contributed by atoms with Crippen molar-refractivity contribution in [3.63, 3.8) is 0 Å². The summed E-state index contributed by atoms with van der Waals surface area (Å²) in [5, 5.41) is 21.4. The van der Waals surface area contributed by atoms with Crippen LogP contribution < -0.4 is 14.9 Å². The van der Waals surface area contributed by atoms with Gasteiger partial charge in [-0.15, -0.1) is 0 Å². The summed E-state index contributed by atoms with van der Waals surface area (Å²) in [6.45, 7) is -0.0522. The molecule has 0 unspecified atom stereocenters. The Bertz CT molecular complexity index is 2090. The molecule has 3 aromatic rings. The largest absolute Gasteiger partial charge is 0.503 e. The van der Waals surface area contributed by atoms with Crippen LogP contribution in [0.4, 0.5) is 5.69 Å². The molecule has 2 saturated heterocycles. The molecule has 15 heteroatoms. The summed E-state index contributed by atoms with van der Waals surface area (Å²) in [5.41, 5.74) is 3.10. The molecule has 2 aliphatic carbocycles. The summed E-state index contributed by atoms with van der Waals surface area (Å²) in [6, 6.07) is 14.5. The number of phenolic OH excluding ortho intramolecular Hbond substituents is 1. The number of hydrazine groups is 1. The smallest absolute Gasteiger partial charge is 0.303 e. The lowest BCUT2D eigenvalue weighted by Crippen LogP contribution is -2.53. The fourth-order valence-electron chi connectivity index (χ4n) is 8.81. The number of fused-ring (bicyclic) bond motifs is 4. The molecule has 0 bridgehead atoms. The van der Waals surface area contributed by atoms with Gasteiger partial charge in [-0.1, -0.05) is 58.6 Å². The quantitative estimate of drug-likeness (QED) is 0.159. The third kappa shape index (κ3) is 5.78. The number of carbonyl (C=O) groups excluding carboxylic acids is 4. The number of likely N-dealkylation sites (tertiary alicyclic amines) is 1. The zero-order valence-electron chi connectivity index (χ0n) is 28.5. The number of phenols is 1. The molecular weight excluding hydrogens is 749 g/mol. The lowest BCUT2D eigenvalue weighted by Gasteiger charge is -2.50. The fraction of sp³-hybridized carbons (Fsp3) is 0.342. The van der Waals surface area contributed by atoms with Crippen LogP contribution in [0.1, 0.15) is 42.7 Å². The Labute approximate surface area is 319 Å². The van der Waals surface area contributed by atoms with Gasteiger partial charge < -0.3 is 19.7 Å². The van der Waals surface area contributed by atoms with E-state index in [1.165, 1.54) is 26.4 Å². The minimum absolute atomic E-state index is 0.0254. The number of halogens is 3. The zero-order chi connectivity index (χ0) is 37.9. The molecule has 2 heterocycles. The van der Waals surface area contributed by atoms with Crippen molar-refractivity contribution in [2.75, 3.05) is 26.2 Å². The van der Waals surface area contributed by atoms with Crippen LogP contribution >= 0.6 is 34.8 Å². The number of anilines is 1. The minimum atomic E-state index is -1.65. The van der Waals surface area contributed by atoms with Gasteiger partial charge in [-0.25, -0.2) is 0 Å². The van der Waals surface area contributed by atoms with E-state index in [0.717, 1.165) is 9.91 Å². The van der Waals surface area contributed by atoms with E-state index in [4.69, 9.17) is 44.3 Å². The van der Waals surface area contributed by atoms with Crippen LogP contribution in [0.2, 0.25) is 15.1 Å². The number of methoxy groups -OCH3 is 2. The Morgan fingerprint density at radius 3 is 2.32 bits per heavy atom. The number of rotatable bonds is 10. The Kier molecular flexibility index (Phi) is 9.58. The predicted octanol–water partition coefficient (Wildman–Crippen LogP) is 6.22. The predicted molar refractivity (Wildman–Crippen MR) is 194 cm³/mol. The number of hydrogen-bond acceptors (Lipinski definition) is 9. The van der Waals surface area contributed by atoms with E-state index in [9.17, 15) is 29.4 Å². The van der Waals surface area contributed by atoms with Gasteiger partial charge in [0.1, 0.15) is 5.75 Å². The number of nitrogens with one attached hydrogen (secondary N) is 1. The summed E-state index contributed by atoms with van der Waals surface area (Å²) < 4.78 is 10.9. The molecule has 2 aliphatic heterocycles. The van der Waals surface area contributed by atoms with E-state index >= 15 is 4.79 Å². The van der Waals surface area contributed by atoms with Gasteiger partial charge in [0.15, 0.2) is 11.5 Å². The van der Waals surface area contributed by atoms with Crippen molar-refractivity contribution in [3.8, 4) is 17.2 Å². The highest BCUT2D eigenvalue weighted by Gasteiger charge is 2.70. The van der Waals surface area contributed by atoms with Crippen LogP contribution in [0.25, 0.3) is 0 Å². The van der Waals surface area contributed by atoms with Crippen molar-refractivity contribution in [1.82, 2.24) is 9.91 Å². The molecule has 0 radical (unpaired) electrons. The monoisotopic (exact) mass is 781 g/mol. The van der Waals surface area contributed by atoms with E-state index in [1.54, 1.807) is 42.5 Å². The van der Waals surface area contributed by atoms with Crippen LogP contribution in [0, 0.1) is 23.7 Å². The van der Waals surface area contributed by atoms with E-state index in [0.29, 0.717) is 27.5 Å². The van der Waals surface area contributed by atoms with Crippen molar-refractivity contribution in [2.24, 2.45) is 23.7 Å². The second kappa shape index (κ2) is 13.9. The maximum atomic E-state index is 15.4. The number of carboxylic acid groups (broad SMARTS) is 1. The van der Waals surface area contributed by atoms with Gasteiger partial charge in [0, 0.05) is 23.9 Å². The SMILES string of the molecule is COc1ccc([C@@]23C(=O)N(Nc4ccc(Cl)cc4Cl)C(=O)[C@@H]2C[C@@H]2C(=CC[C@@H]4C(=O)N(CCCC(=O)O)C(=O)[C@@H]42)[C@@H]3c2cc(Cl)c(O)c(OC)c2)cc1. The number of benzene rings is 3. The number of aromatic hydroxyl groups is 1. The maximum absolute atomic E-state index is 15.4. The number of carboxylic acids is 1. The molecule has 4 amide bonds. The first-order chi connectivity index (χ1) is 25.3. The summed E-state index contributed by atoms with van der Waals surface area (Å²) in [6.07, 6.45) is 1.95. The molecule has 3 N–H and O–H groups in total. The zero-order valence-corrected chi connectivity index (χ0v) is 30.7. The van der Waals surface area contributed by atoms with Crippen LogP contribution in [0.15, 0.2) is 66.2 Å². The standard InChI is InChI=1S/C38H34Cl3N3O9/c1-52-21-8-5-19(6-9-21)38-25(35(49)44(37(38)51)42-28-12-7-20(39)16-26(28)40)17-24-22(32(38)18-14-27(41)33(47)29(15-18)53-2)10-11-23-31(24)36(50)43(34(23)48)13-3-4-30(45)46/h5-10,12,14-16,23-25,31-32,42,47H,3-4,11,13,17H2,1-2H3,(H,45,46)/t23-,24+,25-,31-,32-,38+/m0/s1. The highest BCUT2D eigenvalue weighted by molar-refractivity contribution is 6.36. The average molecular weight is 783 g/mol. The molecular formula is C38H34Cl3N3O9. The molecule has 53 heavy (non-hydrogen) atoms. The van der Waals surface area contributed by atoms with Gasteiger partial charge in [0.2, 0.25) is 11.8 Å². The van der Waals surface area contributed by atoms with Gasteiger partial charge in [0.25, 0.3) is 11.8 Å². The lowest BCUT2D eigenvalue weighted by atomic mass is 9.49. The number of allylic oxidation sites excluding steroid dienone is 2. The van der Waals surface area contributed by atoms with Crippen LogP contribution in [0.5, 0.6) is 17.2 Å². The summed E-state index contributed by atoms with van der Waals surface area (Å²) >= 11 is 19.3. The lowest BCUT2D eigenvalue weighted by molar-refractivity contribution is -0.142. The van der Waals surface area contributed by atoms with Crippen LogP contribution in [-0.2, 0) is 29.4 Å². The summed E-state index contributed by atoms with van der Waals surface area (Å²) in [4.78, 5) is 70.5. The van der Waals surface area contributed by atoms with E-state index in [-0.39, 0.29) is 59.5 Å². The highest BCUT2D eigenvalue weighted by atomic mass is 35.5. The molecule has 4 aliphatic rings. The first kappa shape index (κ1) is 36.6. The number of amides is 4. The molecule has 276 valence electrons. The Morgan fingerprint density at radius 2 is 1.66 bits per heavy atom. The maximum Gasteiger partial charge on any atom is 0.303 e. The second-order valence-corrected chi connectivity index (χ2v) is 14.8. The topological polar surface area (TPSA) is 163 Å². The van der Waals surface area contributed by atoms with E-state index in [2.05, 4.69) is 5.43 Å². The second-order valence-electron chi connectivity index (χ2n) is 13.6. The Balaban J connectivity index is 1.44. The molecule has 3 fully saturated rings. The van der Waals surface area contributed by atoms with Crippen LogP contribution in [-0.4, -0.2) is 70.5 Å². The van der Waals surface area contributed by atoms with Gasteiger partial charge in [-0.2, -0.15) is 5.01 Å². The van der Waals surface area contributed by atoms with Gasteiger partial charge in [0.05, 0.1) is 53.1 Å². The number of ether oxygens (including phenoxy) is 2. The normalized spacial score (nSPS) is 26.2. The molecule has 0 aromatic heterocycles. The van der Waals surface area contributed by atoms with Crippen molar-refractivity contribution in [2.45, 2.75) is 37.0 Å². The molecule has 1 saturated carbocycles. The number of hydrogen-bond donors (Lipinski definition) is 3. The first-order valence-electron chi connectivity index (χ1n) is 16.9. The Morgan fingerprint density at radius 1 is 0.925 bits per heavy atom. The average Bonchev–Trinajstić information content (AvgIpc) is 3.50. The highest BCUT2D eigenvalue weighted by Crippen LogP contribution is 2.64. The molecule has 6 atom stereocenters. The Hall–Kier alpha value is -4.78. The number of carbonyl (C=O) groups is 5. The molecule has 0 spiro atoms. The minimum Gasteiger partial charge on any atom is -0.503 e. The first-order valence-corrected chi connectivity index (χ1v) is 18.0. The summed E-state index contributed by atoms with van der Waals surface area (Å²) in [7, 11) is 2.87. The fourth-order valence-corrected chi connectivity index (χ4v) is 9.48. The van der Waals surface area contributed by atoms with Gasteiger partial charge >= 0.3 is 5.97 Å². The van der Waals surface area contributed by atoms with Gasteiger partial charge in [-0.3, -0.25) is 34.3 Å². The number of nitrogens with zero attached hydrogens (tertiary/aromatic N) is 2. The number of aliphatic carboxylic acids is 1. The molecule has 7 rings (SSSR count). The van der Waals surface area contributed by atoms with Crippen molar-refractivity contribution >= 4 is 70.1 Å². The van der Waals surface area contributed by atoms with Gasteiger partial charge in [-0.05, 0) is 78.8 Å². The van der Waals surface area contributed by atoms with Crippen molar-refractivity contribution in [3.05, 3.63) is 92.4 Å². The number of imide groups is 2. The van der Waals surface area contributed by atoms with Crippen molar-refractivity contribution < 1.29 is 43.7 Å². The van der Waals surface area contributed by atoms with E-state index in [1.807, 2.05) is 6.08 Å². The molecule has 12 nitrogen and oxygen atoms in total. The molecule has 3 aromatic carbocycles. The third-order valence-electron chi connectivity index (χ3n) is 11.0. The third-order valence-corrected chi connectivity index (χ3v) is 11.9. The summed E-state index contributed by atoms with van der Waals surface area (Å²) in [5.74, 6) is -7.18. The van der Waals surface area contributed by atoms with E-state index < -0.39 is 64.6 Å². The van der Waals surface area contributed by atoms with Crippen LogP contribution in [0.3, 0.4) is 0 Å². The van der Waals surface area contributed by atoms with Crippen molar-refractivity contribution in [1.29, 1.82) is 0 Å².